The SMILES string of the molecule is CCC(CC)C(O)c1ccc(Cc2ccccc2)cc1. The molecule has 1 N–H and O–H groups in total. The van der Waals surface area contributed by atoms with E-state index in [0.29, 0.717) is 5.92 Å². The molecule has 0 saturated heterocycles. The summed E-state index contributed by atoms with van der Waals surface area (Å²) in [5, 5.41) is 10.4. The molecule has 0 spiro atoms. The quantitative estimate of drug-likeness (QED) is 0.801. The normalized spacial score (nSPS) is 12.6. The maximum Gasteiger partial charge on any atom is 0.0818 e. The van der Waals surface area contributed by atoms with Gasteiger partial charge in [0.1, 0.15) is 0 Å². The lowest BCUT2D eigenvalue weighted by atomic mass is 9.90. The molecule has 0 aliphatic carbocycles. The minimum atomic E-state index is -0.337. The molecule has 1 unspecified atom stereocenters. The van der Waals surface area contributed by atoms with E-state index < -0.39 is 0 Å². The predicted octanol–water partition coefficient (Wildman–Crippen LogP) is 4.75. The fraction of sp³-hybridized carbons (Fsp3) is 0.368. The van der Waals surface area contributed by atoms with Crippen molar-refractivity contribution < 1.29 is 5.11 Å². The predicted molar refractivity (Wildman–Crippen MR) is 84.7 cm³/mol. The maximum absolute atomic E-state index is 10.4. The van der Waals surface area contributed by atoms with Crippen molar-refractivity contribution in [2.75, 3.05) is 0 Å². The fourth-order valence-electron chi connectivity index (χ4n) is 2.67. The topological polar surface area (TPSA) is 20.2 Å². The first-order chi connectivity index (χ1) is 9.74. The zero-order chi connectivity index (χ0) is 14.4. The number of benzene rings is 2. The molecule has 0 heterocycles. The van der Waals surface area contributed by atoms with Crippen LogP contribution in [0.25, 0.3) is 0 Å². The van der Waals surface area contributed by atoms with Crippen molar-refractivity contribution in [1.82, 2.24) is 0 Å². The summed E-state index contributed by atoms with van der Waals surface area (Å²) in [6.45, 7) is 4.28. The monoisotopic (exact) mass is 268 g/mol. The third kappa shape index (κ3) is 3.71. The summed E-state index contributed by atoms with van der Waals surface area (Å²) in [5.41, 5.74) is 3.65. The van der Waals surface area contributed by atoms with Crippen molar-refractivity contribution in [1.29, 1.82) is 0 Å². The molecule has 1 heteroatoms. The number of rotatable bonds is 6. The number of hydrogen-bond acceptors (Lipinski definition) is 1. The van der Waals surface area contributed by atoms with Crippen LogP contribution in [0.15, 0.2) is 54.6 Å². The van der Waals surface area contributed by atoms with E-state index in [0.717, 1.165) is 24.8 Å². The summed E-state index contributed by atoms with van der Waals surface area (Å²) in [5.74, 6) is 0.356. The summed E-state index contributed by atoms with van der Waals surface area (Å²) in [4.78, 5) is 0. The molecule has 0 aliphatic rings. The van der Waals surface area contributed by atoms with E-state index in [4.69, 9.17) is 0 Å². The van der Waals surface area contributed by atoms with Gasteiger partial charge in [-0.3, -0.25) is 0 Å². The van der Waals surface area contributed by atoms with Gasteiger partial charge in [0.15, 0.2) is 0 Å². The highest BCUT2D eigenvalue weighted by molar-refractivity contribution is 5.29. The summed E-state index contributed by atoms with van der Waals surface area (Å²) in [6, 6.07) is 18.9. The second-order valence-electron chi connectivity index (χ2n) is 5.43. The molecule has 0 fully saturated rings. The average Bonchev–Trinajstić information content (AvgIpc) is 2.50. The molecule has 2 aromatic carbocycles. The second kappa shape index (κ2) is 7.25. The first-order valence-electron chi connectivity index (χ1n) is 7.55. The summed E-state index contributed by atoms with van der Waals surface area (Å²) in [7, 11) is 0. The number of aliphatic hydroxyl groups excluding tert-OH is 1. The van der Waals surface area contributed by atoms with Crippen molar-refractivity contribution >= 4 is 0 Å². The maximum atomic E-state index is 10.4. The molecule has 106 valence electrons. The van der Waals surface area contributed by atoms with Gasteiger partial charge in [-0.05, 0) is 29.0 Å². The summed E-state index contributed by atoms with van der Waals surface area (Å²) < 4.78 is 0. The van der Waals surface area contributed by atoms with Crippen LogP contribution in [0.1, 0.15) is 49.5 Å². The van der Waals surface area contributed by atoms with Crippen LogP contribution in [0.3, 0.4) is 0 Å². The fourth-order valence-corrected chi connectivity index (χ4v) is 2.67. The lowest BCUT2D eigenvalue weighted by Crippen LogP contribution is -2.10. The lowest BCUT2D eigenvalue weighted by Gasteiger charge is -2.20. The smallest absolute Gasteiger partial charge is 0.0818 e. The molecule has 0 aliphatic heterocycles. The van der Waals surface area contributed by atoms with Gasteiger partial charge in [-0.2, -0.15) is 0 Å². The van der Waals surface area contributed by atoms with Crippen molar-refractivity contribution in [2.45, 2.75) is 39.2 Å². The minimum Gasteiger partial charge on any atom is -0.388 e. The first kappa shape index (κ1) is 14.8. The molecule has 0 radical (unpaired) electrons. The zero-order valence-corrected chi connectivity index (χ0v) is 12.4. The number of aliphatic hydroxyl groups is 1. The second-order valence-corrected chi connectivity index (χ2v) is 5.43. The van der Waals surface area contributed by atoms with Gasteiger partial charge < -0.3 is 5.11 Å². The van der Waals surface area contributed by atoms with Gasteiger partial charge in [-0.15, -0.1) is 0 Å². The van der Waals surface area contributed by atoms with Crippen LogP contribution in [-0.2, 0) is 6.42 Å². The van der Waals surface area contributed by atoms with Gasteiger partial charge in [-0.25, -0.2) is 0 Å². The number of hydrogen-bond donors (Lipinski definition) is 1. The van der Waals surface area contributed by atoms with Gasteiger partial charge in [0.25, 0.3) is 0 Å². The lowest BCUT2D eigenvalue weighted by molar-refractivity contribution is 0.103. The van der Waals surface area contributed by atoms with Crippen LogP contribution in [-0.4, -0.2) is 5.11 Å². The molecule has 2 aromatic rings. The van der Waals surface area contributed by atoms with Gasteiger partial charge in [0.05, 0.1) is 6.10 Å². The first-order valence-corrected chi connectivity index (χ1v) is 7.55. The third-order valence-corrected chi connectivity index (χ3v) is 4.07. The van der Waals surface area contributed by atoms with Crippen molar-refractivity contribution in [2.24, 2.45) is 5.92 Å². The van der Waals surface area contributed by atoms with Gasteiger partial charge in [0.2, 0.25) is 0 Å². The van der Waals surface area contributed by atoms with E-state index in [1.165, 1.54) is 11.1 Å². The van der Waals surface area contributed by atoms with E-state index in [-0.39, 0.29) is 6.10 Å². The van der Waals surface area contributed by atoms with Crippen LogP contribution >= 0.6 is 0 Å². The molecule has 0 amide bonds. The van der Waals surface area contributed by atoms with Crippen LogP contribution < -0.4 is 0 Å². The highest BCUT2D eigenvalue weighted by Gasteiger charge is 2.17. The van der Waals surface area contributed by atoms with E-state index in [1.807, 2.05) is 6.07 Å². The van der Waals surface area contributed by atoms with Crippen LogP contribution in [0, 0.1) is 5.92 Å². The minimum absolute atomic E-state index is 0.337. The Hall–Kier alpha value is -1.60. The van der Waals surface area contributed by atoms with E-state index in [1.54, 1.807) is 0 Å². The van der Waals surface area contributed by atoms with Crippen LogP contribution in [0.5, 0.6) is 0 Å². The highest BCUT2D eigenvalue weighted by atomic mass is 16.3. The Kier molecular flexibility index (Phi) is 5.37. The van der Waals surface area contributed by atoms with Crippen molar-refractivity contribution in [3.8, 4) is 0 Å². The molecule has 20 heavy (non-hydrogen) atoms. The molecule has 0 bridgehead atoms. The van der Waals surface area contributed by atoms with Crippen molar-refractivity contribution in [3.05, 3.63) is 71.3 Å². The van der Waals surface area contributed by atoms with Gasteiger partial charge >= 0.3 is 0 Å². The Bertz CT molecular complexity index is 497. The van der Waals surface area contributed by atoms with Crippen LogP contribution in [0.4, 0.5) is 0 Å². The Morgan fingerprint density at radius 2 is 1.35 bits per heavy atom. The molecule has 1 atom stereocenters. The summed E-state index contributed by atoms with van der Waals surface area (Å²) in [6.07, 6.45) is 2.64. The van der Waals surface area contributed by atoms with Gasteiger partial charge in [0, 0.05) is 0 Å². The Balaban J connectivity index is 2.06. The average molecular weight is 268 g/mol. The van der Waals surface area contributed by atoms with E-state index in [9.17, 15) is 5.11 Å². The van der Waals surface area contributed by atoms with E-state index in [2.05, 4.69) is 62.4 Å². The molecule has 1 nitrogen and oxygen atoms in total. The Labute approximate surface area is 122 Å². The summed E-state index contributed by atoms with van der Waals surface area (Å²) >= 11 is 0. The Morgan fingerprint density at radius 1 is 0.800 bits per heavy atom. The van der Waals surface area contributed by atoms with Crippen molar-refractivity contribution in [3.63, 3.8) is 0 Å². The molecular weight excluding hydrogens is 244 g/mol. The third-order valence-electron chi connectivity index (χ3n) is 4.07. The molecule has 0 saturated carbocycles. The standard InChI is InChI=1S/C19H24O/c1-3-17(4-2)19(20)18-12-10-16(11-13-18)14-15-8-6-5-7-9-15/h5-13,17,19-20H,3-4,14H2,1-2H3. The molecule has 0 aromatic heterocycles. The van der Waals surface area contributed by atoms with Gasteiger partial charge in [-0.1, -0.05) is 81.3 Å². The molecular formula is C19H24O. The Morgan fingerprint density at radius 3 is 1.90 bits per heavy atom. The zero-order valence-electron chi connectivity index (χ0n) is 12.4. The largest absolute Gasteiger partial charge is 0.388 e. The van der Waals surface area contributed by atoms with E-state index >= 15 is 0 Å². The molecule has 2 rings (SSSR count). The highest BCUT2D eigenvalue weighted by Crippen LogP contribution is 2.27. The van der Waals surface area contributed by atoms with Crippen LogP contribution in [0.2, 0.25) is 0 Å².